The first-order valence-electron chi connectivity index (χ1n) is 10.2. The predicted molar refractivity (Wildman–Crippen MR) is 119 cm³/mol. The van der Waals surface area contributed by atoms with Gasteiger partial charge in [0.05, 0.1) is 0 Å². The van der Waals surface area contributed by atoms with Crippen LogP contribution >= 0.6 is 8.69 Å². The molecule has 28 heavy (non-hydrogen) atoms. The smallest absolute Gasteiger partial charge is 0.414 e. The Bertz CT molecular complexity index is 719. The number of rotatable bonds is 8. The number of hydrogen-bond donors (Lipinski definition) is 0. The van der Waals surface area contributed by atoms with Crippen molar-refractivity contribution in [1.82, 2.24) is 0 Å². The van der Waals surface area contributed by atoms with Crippen molar-refractivity contribution < 1.29 is 13.2 Å². The lowest BCUT2D eigenvalue weighted by molar-refractivity contribution is 0.431. The topological polar surface area (TPSA) is 18.5 Å². The molecule has 0 N–H and O–H groups in total. The standard InChI is InChI=1S/C24H34FO2P/c1-15(2)19-9-11-23(21(13-19)17(5)6)26-28(25)27-24-12-10-20(16(3)4)14-22(24)18(7)8/h9-18H,1-8H3. The van der Waals surface area contributed by atoms with Crippen molar-refractivity contribution in [2.45, 2.75) is 79.1 Å². The lowest BCUT2D eigenvalue weighted by atomic mass is 9.95. The molecule has 0 amide bonds. The summed E-state index contributed by atoms with van der Waals surface area (Å²) in [6.45, 7) is 17.0. The maximum absolute atomic E-state index is 14.8. The molecule has 154 valence electrons. The number of hydrogen-bond acceptors (Lipinski definition) is 2. The molecule has 0 unspecified atom stereocenters. The molecule has 0 atom stereocenters. The fourth-order valence-electron chi connectivity index (χ4n) is 3.09. The van der Waals surface area contributed by atoms with Crippen LogP contribution in [0.2, 0.25) is 0 Å². The molecule has 0 spiro atoms. The van der Waals surface area contributed by atoms with Gasteiger partial charge in [0.2, 0.25) is 0 Å². The summed E-state index contributed by atoms with van der Waals surface area (Å²) in [5.74, 6) is 2.46. The molecule has 0 aliphatic rings. The van der Waals surface area contributed by atoms with Gasteiger partial charge in [-0.05, 0) is 58.1 Å². The Morgan fingerprint density at radius 3 is 1.25 bits per heavy atom. The lowest BCUT2D eigenvalue weighted by Crippen LogP contribution is -2.01. The van der Waals surface area contributed by atoms with Gasteiger partial charge in [0.15, 0.2) is 0 Å². The van der Waals surface area contributed by atoms with Crippen LogP contribution in [0.15, 0.2) is 36.4 Å². The van der Waals surface area contributed by atoms with Gasteiger partial charge in [0.25, 0.3) is 0 Å². The summed E-state index contributed by atoms with van der Waals surface area (Å²) in [5.41, 5.74) is 4.48. The van der Waals surface area contributed by atoms with Gasteiger partial charge in [-0.25, -0.2) is 0 Å². The van der Waals surface area contributed by atoms with Gasteiger partial charge in [-0.2, -0.15) is 0 Å². The van der Waals surface area contributed by atoms with Crippen LogP contribution < -0.4 is 9.05 Å². The third-order valence-electron chi connectivity index (χ3n) is 4.99. The number of benzene rings is 2. The van der Waals surface area contributed by atoms with Crippen LogP contribution in [-0.2, 0) is 0 Å². The maximum Gasteiger partial charge on any atom is 0.505 e. The molecule has 2 aromatic rings. The van der Waals surface area contributed by atoms with Crippen LogP contribution in [0.5, 0.6) is 11.5 Å². The summed E-state index contributed by atoms with van der Waals surface area (Å²) in [7, 11) is -2.57. The first-order valence-corrected chi connectivity index (χ1v) is 11.3. The zero-order chi connectivity index (χ0) is 21.0. The van der Waals surface area contributed by atoms with Crippen molar-refractivity contribution in [3.63, 3.8) is 0 Å². The minimum Gasteiger partial charge on any atom is -0.414 e. The summed E-state index contributed by atoms with van der Waals surface area (Å²) < 4.78 is 26.1. The normalized spacial score (nSPS) is 11.9. The van der Waals surface area contributed by atoms with Crippen LogP contribution in [0.3, 0.4) is 0 Å². The van der Waals surface area contributed by atoms with E-state index in [1.807, 2.05) is 24.3 Å². The fraction of sp³-hybridized carbons (Fsp3) is 0.500. The molecule has 0 bridgehead atoms. The molecule has 0 heterocycles. The Kier molecular flexibility index (Phi) is 7.89. The van der Waals surface area contributed by atoms with Gasteiger partial charge in [0, 0.05) is 0 Å². The van der Waals surface area contributed by atoms with E-state index in [2.05, 4.69) is 67.5 Å². The predicted octanol–water partition coefficient (Wildman–Crippen LogP) is 8.83. The zero-order valence-electron chi connectivity index (χ0n) is 18.4. The number of halogens is 1. The van der Waals surface area contributed by atoms with E-state index in [1.165, 1.54) is 11.1 Å². The van der Waals surface area contributed by atoms with E-state index in [9.17, 15) is 4.20 Å². The maximum atomic E-state index is 14.8. The Balaban J connectivity index is 2.24. The van der Waals surface area contributed by atoms with Crippen LogP contribution in [0.4, 0.5) is 4.20 Å². The second-order valence-corrected chi connectivity index (χ2v) is 9.40. The Hall–Kier alpha value is -1.60. The van der Waals surface area contributed by atoms with Crippen molar-refractivity contribution in [2.24, 2.45) is 0 Å². The first-order chi connectivity index (χ1) is 13.1. The van der Waals surface area contributed by atoms with E-state index in [0.717, 1.165) is 11.1 Å². The third-order valence-corrected chi connectivity index (χ3v) is 5.67. The van der Waals surface area contributed by atoms with Crippen molar-refractivity contribution in [3.05, 3.63) is 58.7 Å². The highest BCUT2D eigenvalue weighted by atomic mass is 31.2. The molecule has 4 heteroatoms. The van der Waals surface area contributed by atoms with Crippen LogP contribution in [0.25, 0.3) is 0 Å². The second-order valence-electron chi connectivity index (χ2n) is 8.61. The molecule has 0 saturated carbocycles. The van der Waals surface area contributed by atoms with Crippen LogP contribution in [-0.4, -0.2) is 0 Å². The van der Waals surface area contributed by atoms with Crippen molar-refractivity contribution >= 4 is 8.69 Å². The first kappa shape index (κ1) is 22.7. The van der Waals surface area contributed by atoms with E-state index in [4.69, 9.17) is 9.05 Å². The Labute approximate surface area is 171 Å². The summed E-state index contributed by atoms with van der Waals surface area (Å²) in [5, 5.41) is 0. The van der Waals surface area contributed by atoms with Crippen molar-refractivity contribution in [2.75, 3.05) is 0 Å². The monoisotopic (exact) mass is 404 g/mol. The minimum atomic E-state index is -2.57. The molecule has 2 rings (SSSR count). The molecule has 0 fully saturated rings. The molecule has 2 nitrogen and oxygen atoms in total. The van der Waals surface area contributed by atoms with Crippen molar-refractivity contribution in [3.8, 4) is 11.5 Å². The summed E-state index contributed by atoms with van der Waals surface area (Å²) in [4.78, 5) is 0. The Morgan fingerprint density at radius 1 is 0.607 bits per heavy atom. The molecule has 2 aromatic carbocycles. The second kappa shape index (κ2) is 9.74. The molecule has 0 aromatic heterocycles. The molecular weight excluding hydrogens is 370 g/mol. The lowest BCUT2D eigenvalue weighted by Gasteiger charge is -2.20. The van der Waals surface area contributed by atoms with E-state index in [-0.39, 0.29) is 11.8 Å². The van der Waals surface area contributed by atoms with Gasteiger partial charge in [-0.15, -0.1) is 4.20 Å². The van der Waals surface area contributed by atoms with Crippen LogP contribution in [0.1, 0.15) is 101 Å². The summed E-state index contributed by atoms with van der Waals surface area (Å²) in [6, 6.07) is 12.0. The molecule has 0 aliphatic heterocycles. The van der Waals surface area contributed by atoms with E-state index in [1.54, 1.807) is 0 Å². The molecule has 0 aliphatic carbocycles. The van der Waals surface area contributed by atoms with Gasteiger partial charge in [-0.3, -0.25) is 0 Å². The zero-order valence-corrected chi connectivity index (χ0v) is 19.3. The van der Waals surface area contributed by atoms with Crippen LogP contribution in [0, 0.1) is 0 Å². The summed E-state index contributed by atoms with van der Waals surface area (Å²) >= 11 is 0. The third kappa shape index (κ3) is 5.70. The van der Waals surface area contributed by atoms with E-state index in [0.29, 0.717) is 23.3 Å². The highest BCUT2D eigenvalue weighted by Gasteiger charge is 2.21. The van der Waals surface area contributed by atoms with Gasteiger partial charge < -0.3 is 9.05 Å². The van der Waals surface area contributed by atoms with Crippen molar-refractivity contribution in [1.29, 1.82) is 0 Å². The molecular formula is C24H34FO2P. The quantitative estimate of drug-likeness (QED) is 0.409. The SMILES string of the molecule is CC(C)c1ccc(OP(F)Oc2ccc(C(C)C)cc2C(C)C)c(C(C)C)c1. The molecule has 0 saturated heterocycles. The highest BCUT2D eigenvalue weighted by molar-refractivity contribution is 7.42. The minimum absolute atomic E-state index is 0.244. The van der Waals surface area contributed by atoms with E-state index >= 15 is 0 Å². The van der Waals surface area contributed by atoms with Gasteiger partial charge in [0.1, 0.15) is 11.5 Å². The van der Waals surface area contributed by atoms with Gasteiger partial charge in [-0.1, -0.05) is 79.7 Å². The average Bonchev–Trinajstić information content (AvgIpc) is 2.61. The van der Waals surface area contributed by atoms with Gasteiger partial charge >= 0.3 is 8.69 Å². The van der Waals surface area contributed by atoms with E-state index < -0.39 is 8.69 Å². The largest absolute Gasteiger partial charge is 0.505 e. The highest BCUT2D eigenvalue weighted by Crippen LogP contribution is 2.46. The molecule has 0 radical (unpaired) electrons. The summed E-state index contributed by atoms with van der Waals surface area (Å²) in [6.07, 6.45) is 0. The Morgan fingerprint density at radius 2 is 0.964 bits per heavy atom. The average molecular weight is 405 g/mol. The fourth-order valence-corrected chi connectivity index (χ4v) is 3.77.